The van der Waals surface area contributed by atoms with Crippen molar-refractivity contribution in [2.45, 2.75) is 58.9 Å². The van der Waals surface area contributed by atoms with Crippen molar-refractivity contribution in [3.63, 3.8) is 0 Å². The molecule has 1 N–H and O–H groups in total. The molecule has 0 radical (unpaired) electrons. The summed E-state index contributed by atoms with van der Waals surface area (Å²) in [5, 5.41) is 3.54. The normalized spacial score (nSPS) is 24.1. The van der Waals surface area contributed by atoms with Crippen LogP contribution in [0, 0.1) is 11.8 Å². The highest BCUT2D eigenvalue weighted by Crippen LogP contribution is 2.28. The molecular formula is C15H27N3. The number of hydrogen-bond donors (Lipinski definition) is 1. The lowest BCUT2D eigenvalue weighted by Gasteiger charge is -2.26. The van der Waals surface area contributed by atoms with Crippen LogP contribution >= 0.6 is 0 Å². The van der Waals surface area contributed by atoms with Gasteiger partial charge in [0, 0.05) is 25.5 Å². The maximum Gasteiger partial charge on any atom is 0.202 e. The van der Waals surface area contributed by atoms with Crippen molar-refractivity contribution in [2.75, 3.05) is 11.9 Å². The van der Waals surface area contributed by atoms with Gasteiger partial charge in [0.15, 0.2) is 0 Å². The van der Waals surface area contributed by atoms with E-state index in [2.05, 4.69) is 34.9 Å². The summed E-state index contributed by atoms with van der Waals surface area (Å²) in [6, 6.07) is 0. The highest BCUT2D eigenvalue weighted by molar-refractivity contribution is 5.25. The Hall–Kier alpha value is -0.990. The SMILES string of the molecule is CCCCn1ccnc1NCC1CCC(C)CC1. The number of unbranched alkanes of at least 4 members (excludes halogenated alkanes) is 1. The molecule has 1 aromatic rings. The van der Waals surface area contributed by atoms with Crippen molar-refractivity contribution in [3.05, 3.63) is 12.4 Å². The highest BCUT2D eigenvalue weighted by atomic mass is 15.2. The molecule has 1 fully saturated rings. The van der Waals surface area contributed by atoms with Gasteiger partial charge >= 0.3 is 0 Å². The number of aryl methyl sites for hydroxylation is 1. The smallest absolute Gasteiger partial charge is 0.202 e. The Morgan fingerprint density at radius 3 is 2.83 bits per heavy atom. The average Bonchev–Trinajstić information content (AvgIpc) is 2.83. The Labute approximate surface area is 111 Å². The topological polar surface area (TPSA) is 29.9 Å². The largest absolute Gasteiger partial charge is 0.355 e. The van der Waals surface area contributed by atoms with Crippen molar-refractivity contribution < 1.29 is 0 Å². The van der Waals surface area contributed by atoms with Gasteiger partial charge in [-0.25, -0.2) is 4.98 Å². The molecule has 2 rings (SSSR count). The van der Waals surface area contributed by atoms with E-state index in [1.165, 1.54) is 38.5 Å². The van der Waals surface area contributed by atoms with Crippen molar-refractivity contribution in [3.8, 4) is 0 Å². The summed E-state index contributed by atoms with van der Waals surface area (Å²) in [5.74, 6) is 2.84. The number of rotatable bonds is 6. The predicted octanol–water partition coefficient (Wildman–Crippen LogP) is 3.92. The van der Waals surface area contributed by atoms with Crippen LogP contribution in [-0.4, -0.2) is 16.1 Å². The monoisotopic (exact) mass is 249 g/mol. The molecule has 0 aliphatic heterocycles. The Bertz CT molecular complexity index is 337. The van der Waals surface area contributed by atoms with Gasteiger partial charge < -0.3 is 9.88 Å². The van der Waals surface area contributed by atoms with Crippen LogP contribution in [0.25, 0.3) is 0 Å². The summed E-state index contributed by atoms with van der Waals surface area (Å²) in [6.07, 6.45) is 12.0. The number of aromatic nitrogens is 2. The molecule has 0 bridgehead atoms. The van der Waals surface area contributed by atoms with E-state index in [-0.39, 0.29) is 0 Å². The van der Waals surface area contributed by atoms with E-state index in [9.17, 15) is 0 Å². The molecule has 3 heteroatoms. The summed E-state index contributed by atoms with van der Waals surface area (Å²) >= 11 is 0. The van der Waals surface area contributed by atoms with Crippen molar-refractivity contribution in [1.82, 2.24) is 9.55 Å². The lowest BCUT2D eigenvalue weighted by molar-refractivity contribution is 0.300. The number of nitrogens with one attached hydrogen (secondary N) is 1. The molecule has 0 unspecified atom stereocenters. The fourth-order valence-electron chi connectivity index (χ4n) is 2.75. The molecule has 1 saturated carbocycles. The number of hydrogen-bond acceptors (Lipinski definition) is 2. The van der Waals surface area contributed by atoms with Gasteiger partial charge in [0.2, 0.25) is 5.95 Å². The summed E-state index contributed by atoms with van der Waals surface area (Å²) in [7, 11) is 0. The van der Waals surface area contributed by atoms with Gasteiger partial charge in [-0.3, -0.25) is 0 Å². The van der Waals surface area contributed by atoms with Crippen LogP contribution in [0.1, 0.15) is 52.4 Å². The van der Waals surface area contributed by atoms with Gasteiger partial charge in [0.1, 0.15) is 0 Å². The first-order chi connectivity index (χ1) is 8.79. The molecule has 0 aromatic carbocycles. The van der Waals surface area contributed by atoms with Crippen molar-refractivity contribution in [2.24, 2.45) is 11.8 Å². The lowest BCUT2D eigenvalue weighted by atomic mass is 9.83. The Morgan fingerprint density at radius 1 is 1.33 bits per heavy atom. The fraction of sp³-hybridized carbons (Fsp3) is 0.800. The molecule has 1 aromatic heterocycles. The minimum atomic E-state index is 0.845. The van der Waals surface area contributed by atoms with Crippen LogP contribution in [0.2, 0.25) is 0 Å². The number of imidazole rings is 1. The summed E-state index contributed by atoms with van der Waals surface area (Å²) in [6.45, 7) is 6.78. The maximum atomic E-state index is 4.42. The first kappa shape index (κ1) is 13.4. The standard InChI is InChI=1S/C15H27N3/c1-3-4-10-18-11-9-16-15(18)17-12-14-7-5-13(2)6-8-14/h9,11,13-14H,3-8,10,12H2,1-2H3,(H,16,17). The molecule has 0 saturated heterocycles. The number of nitrogens with zero attached hydrogens (tertiary/aromatic N) is 2. The molecule has 0 amide bonds. The second-order valence-corrected chi connectivity index (χ2v) is 5.80. The van der Waals surface area contributed by atoms with Gasteiger partial charge in [0.25, 0.3) is 0 Å². The molecule has 1 aliphatic carbocycles. The van der Waals surface area contributed by atoms with E-state index < -0.39 is 0 Å². The predicted molar refractivity (Wildman–Crippen MR) is 76.7 cm³/mol. The first-order valence-corrected chi connectivity index (χ1v) is 7.54. The van der Waals surface area contributed by atoms with Crippen molar-refractivity contribution in [1.29, 1.82) is 0 Å². The molecule has 0 atom stereocenters. The van der Waals surface area contributed by atoms with E-state index in [4.69, 9.17) is 0 Å². The summed E-state index contributed by atoms with van der Waals surface area (Å²) < 4.78 is 2.24. The Balaban J connectivity index is 1.77. The lowest BCUT2D eigenvalue weighted by Crippen LogP contribution is -2.21. The molecule has 102 valence electrons. The third kappa shape index (κ3) is 3.76. The zero-order valence-electron chi connectivity index (χ0n) is 11.9. The number of anilines is 1. The van der Waals surface area contributed by atoms with E-state index in [0.717, 1.165) is 30.9 Å². The molecule has 0 spiro atoms. The molecule has 18 heavy (non-hydrogen) atoms. The zero-order chi connectivity index (χ0) is 12.8. The van der Waals surface area contributed by atoms with Crippen LogP contribution in [0.15, 0.2) is 12.4 Å². The van der Waals surface area contributed by atoms with Crippen LogP contribution in [0.3, 0.4) is 0 Å². The van der Waals surface area contributed by atoms with Gasteiger partial charge in [-0.1, -0.05) is 33.1 Å². The van der Waals surface area contributed by atoms with Crippen LogP contribution < -0.4 is 5.32 Å². The molecule has 3 nitrogen and oxygen atoms in total. The average molecular weight is 249 g/mol. The van der Waals surface area contributed by atoms with Gasteiger partial charge in [-0.15, -0.1) is 0 Å². The third-order valence-electron chi connectivity index (χ3n) is 4.15. The summed E-state index contributed by atoms with van der Waals surface area (Å²) in [5.41, 5.74) is 0. The van der Waals surface area contributed by atoms with E-state index >= 15 is 0 Å². The second kappa shape index (κ2) is 6.81. The first-order valence-electron chi connectivity index (χ1n) is 7.54. The van der Waals surface area contributed by atoms with Crippen molar-refractivity contribution >= 4 is 5.95 Å². The van der Waals surface area contributed by atoms with E-state index in [0.29, 0.717) is 0 Å². The molecule has 1 aliphatic rings. The zero-order valence-corrected chi connectivity index (χ0v) is 11.9. The van der Waals surface area contributed by atoms with Crippen LogP contribution in [0.5, 0.6) is 0 Å². The second-order valence-electron chi connectivity index (χ2n) is 5.80. The van der Waals surface area contributed by atoms with E-state index in [1.54, 1.807) is 0 Å². The minimum absolute atomic E-state index is 0.845. The minimum Gasteiger partial charge on any atom is -0.355 e. The van der Waals surface area contributed by atoms with Crippen LogP contribution in [0.4, 0.5) is 5.95 Å². The van der Waals surface area contributed by atoms with Crippen LogP contribution in [-0.2, 0) is 6.54 Å². The Morgan fingerprint density at radius 2 is 2.11 bits per heavy atom. The molecular weight excluding hydrogens is 222 g/mol. The van der Waals surface area contributed by atoms with Gasteiger partial charge in [0.05, 0.1) is 0 Å². The summed E-state index contributed by atoms with van der Waals surface area (Å²) in [4.78, 5) is 4.42. The third-order valence-corrected chi connectivity index (χ3v) is 4.15. The van der Waals surface area contributed by atoms with E-state index in [1.807, 2.05) is 6.20 Å². The molecule has 1 heterocycles. The highest BCUT2D eigenvalue weighted by Gasteiger charge is 2.18. The quantitative estimate of drug-likeness (QED) is 0.828. The fourth-order valence-corrected chi connectivity index (χ4v) is 2.75. The maximum absolute atomic E-state index is 4.42. The van der Waals surface area contributed by atoms with Gasteiger partial charge in [-0.2, -0.15) is 0 Å². The Kier molecular flexibility index (Phi) is 5.09. The van der Waals surface area contributed by atoms with Gasteiger partial charge in [-0.05, 0) is 31.1 Å².